The highest BCUT2D eigenvalue weighted by molar-refractivity contribution is 6.29. The first-order chi connectivity index (χ1) is 13.7. The molecule has 0 N–H and O–H groups in total. The third-order valence-electron chi connectivity index (χ3n) is 4.64. The first-order valence-electron chi connectivity index (χ1n) is 8.99. The lowest BCUT2D eigenvalue weighted by Gasteiger charge is -2.09. The fraction of sp³-hybridized carbons (Fsp3) is 0.0833. The van der Waals surface area contributed by atoms with Crippen molar-refractivity contribution in [2.45, 2.75) is 13.2 Å². The van der Waals surface area contributed by atoms with Crippen molar-refractivity contribution >= 4 is 33.5 Å². The van der Waals surface area contributed by atoms with Crippen molar-refractivity contribution in [2.75, 3.05) is 0 Å². The van der Waals surface area contributed by atoms with Crippen LogP contribution in [0.3, 0.4) is 0 Å². The molecule has 0 atom stereocenters. The van der Waals surface area contributed by atoms with E-state index < -0.39 is 11.9 Å². The molecular weight excluding hydrogens is 352 g/mol. The molecule has 4 aromatic carbocycles. The van der Waals surface area contributed by atoms with E-state index in [0.29, 0.717) is 0 Å². The van der Waals surface area contributed by atoms with Crippen molar-refractivity contribution in [1.82, 2.24) is 0 Å². The molecule has 4 aromatic rings. The smallest absolute Gasteiger partial charge is 0.417 e. The van der Waals surface area contributed by atoms with E-state index in [1.54, 1.807) is 0 Å². The second-order valence-electron chi connectivity index (χ2n) is 6.43. The monoisotopic (exact) mass is 370 g/mol. The minimum absolute atomic E-state index is 0.0174. The molecule has 138 valence electrons. The number of rotatable bonds is 4. The van der Waals surface area contributed by atoms with Gasteiger partial charge in [0.15, 0.2) is 0 Å². The number of benzene rings is 4. The van der Waals surface area contributed by atoms with Gasteiger partial charge in [-0.05, 0) is 32.7 Å². The third kappa shape index (κ3) is 3.71. The van der Waals surface area contributed by atoms with Crippen LogP contribution < -0.4 is 0 Å². The van der Waals surface area contributed by atoms with Crippen molar-refractivity contribution in [3.63, 3.8) is 0 Å². The second-order valence-corrected chi connectivity index (χ2v) is 6.43. The predicted molar refractivity (Wildman–Crippen MR) is 107 cm³/mol. The molecule has 4 nitrogen and oxygen atoms in total. The SMILES string of the molecule is O=C(OCc1cccc2ccccc12)C(=O)OCc1cccc2ccccc12. The average molecular weight is 370 g/mol. The average Bonchev–Trinajstić information content (AvgIpc) is 2.75. The first-order valence-corrected chi connectivity index (χ1v) is 8.99. The maximum Gasteiger partial charge on any atom is 0.417 e. The number of esters is 2. The molecule has 0 aliphatic rings. The summed E-state index contributed by atoms with van der Waals surface area (Å²) in [6.45, 7) is 0.0348. The van der Waals surface area contributed by atoms with E-state index >= 15 is 0 Å². The van der Waals surface area contributed by atoms with Crippen molar-refractivity contribution in [3.05, 3.63) is 96.1 Å². The highest BCUT2D eigenvalue weighted by Crippen LogP contribution is 2.20. The number of ether oxygens (including phenoxy) is 2. The van der Waals surface area contributed by atoms with Crippen LogP contribution in [0.1, 0.15) is 11.1 Å². The van der Waals surface area contributed by atoms with E-state index in [4.69, 9.17) is 9.47 Å². The standard InChI is InChI=1S/C24H18O4/c25-23(27-15-19-11-5-9-17-7-1-3-13-21(17)19)24(26)28-16-20-12-6-10-18-8-2-4-14-22(18)20/h1-14H,15-16H2. The number of hydrogen-bond acceptors (Lipinski definition) is 4. The van der Waals surface area contributed by atoms with Gasteiger partial charge in [0.05, 0.1) is 0 Å². The molecule has 0 aliphatic carbocycles. The molecule has 0 spiro atoms. The van der Waals surface area contributed by atoms with Crippen LogP contribution in [0.5, 0.6) is 0 Å². The number of carbonyl (C=O) groups excluding carboxylic acids is 2. The normalized spacial score (nSPS) is 10.7. The molecule has 0 aliphatic heterocycles. The van der Waals surface area contributed by atoms with Crippen LogP contribution in [0.15, 0.2) is 84.9 Å². The number of fused-ring (bicyclic) bond motifs is 2. The Morgan fingerprint density at radius 1 is 0.536 bits per heavy atom. The van der Waals surface area contributed by atoms with E-state index in [-0.39, 0.29) is 13.2 Å². The van der Waals surface area contributed by atoms with E-state index in [0.717, 1.165) is 32.7 Å². The summed E-state index contributed by atoms with van der Waals surface area (Å²) in [6.07, 6.45) is 0. The first kappa shape index (κ1) is 17.7. The quantitative estimate of drug-likeness (QED) is 0.383. The van der Waals surface area contributed by atoms with E-state index in [9.17, 15) is 9.59 Å². The molecule has 0 aromatic heterocycles. The summed E-state index contributed by atoms with van der Waals surface area (Å²) in [7, 11) is 0. The maximum absolute atomic E-state index is 12.0. The van der Waals surface area contributed by atoms with E-state index in [1.807, 2.05) is 84.9 Å². The topological polar surface area (TPSA) is 52.6 Å². The van der Waals surface area contributed by atoms with Crippen molar-refractivity contribution in [1.29, 1.82) is 0 Å². The fourth-order valence-electron chi connectivity index (χ4n) is 3.24. The molecular formula is C24H18O4. The molecule has 0 heterocycles. The zero-order valence-corrected chi connectivity index (χ0v) is 15.1. The predicted octanol–water partition coefficient (Wildman–Crippen LogP) is 4.78. The summed E-state index contributed by atoms with van der Waals surface area (Å²) >= 11 is 0. The Morgan fingerprint density at radius 3 is 1.39 bits per heavy atom. The summed E-state index contributed by atoms with van der Waals surface area (Å²) in [4.78, 5) is 24.1. The highest BCUT2D eigenvalue weighted by Gasteiger charge is 2.18. The van der Waals surface area contributed by atoms with Crippen molar-refractivity contribution in [2.24, 2.45) is 0 Å². The number of carbonyl (C=O) groups is 2. The third-order valence-corrected chi connectivity index (χ3v) is 4.64. The minimum Gasteiger partial charge on any atom is -0.452 e. The maximum atomic E-state index is 12.0. The van der Waals surface area contributed by atoms with Crippen LogP contribution in [0, 0.1) is 0 Å². The lowest BCUT2D eigenvalue weighted by molar-refractivity contribution is -0.169. The molecule has 0 bridgehead atoms. The Kier molecular flexibility index (Phi) is 5.02. The summed E-state index contributed by atoms with van der Waals surface area (Å²) in [5, 5.41) is 4.08. The minimum atomic E-state index is -0.992. The summed E-state index contributed by atoms with van der Waals surface area (Å²) in [5.74, 6) is -1.98. The van der Waals surface area contributed by atoms with Crippen molar-refractivity contribution < 1.29 is 19.1 Å². The molecule has 28 heavy (non-hydrogen) atoms. The molecule has 4 rings (SSSR count). The van der Waals surface area contributed by atoms with E-state index in [1.165, 1.54) is 0 Å². The Hall–Kier alpha value is -3.66. The Labute approximate surface area is 162 Å². The number of hydrogen-bond donors (Lipinski definition) is 0. The molecule has 0 saturated heterocycles. The van der Waals surface area contributed by atoms with Gasteiger partial charge in [0.1, 0.15) is 13.2 Å². The molecule has 0 amide bonds. The van der Waals surface area contributed by atoms with Gasteiger partial charge in [-0.1, -0.05) is 84.9 Å². The van der Waals surface area contributed by atoms with Gasteiger partial charge in [0, 0.05) is 0 Å². The van der Waals surface area contributed by atoms with E-state index in [2.05, 4.69) is 0 Å². The Balaban J connectivity index is 1.39. The van der Waals surface area contributed by atoms with Gasteiger partial charge in [0.25, 0.3) is 0 Å². The molecule has 0 unspecified atom stereocenters. The van der Waals surface area contributed by atoms with Crippen LogP contribution in [0.4, 0.5) is 0 Å². The van der Waals surface area contributed by atoms with Crippen LogP contribution in [-0.2, 0) is 32.3 Å². The lowest BCUT2D eigenvalue weighted by atomic mass is 10.1. The van der Waals surface area contributed by atoms with Gasteiger partial charge in [-0.3, -0.25) is 0 Å². The fourth-order valence-corrected chi connectivity index (χ4v) is 3.24. The van der Waals surface area contributed by atoms with Gasteiger partial charge in [0.2, 0.25) is 0 Å². The second kappa shape index (κ2) is 7.92. The largest absolute Gasteiger partial charge is 0.452 e. The van der Waals surface area contributed by atoms with Crippen LogP contribution in [0.25, 0.3) is 21.5 Å². The summed E-state index contributed by atoms with van der Waals surface area (Å²) in [6, 6.07) is 27.1. The van der Waals surface area contributed by atoms with Crippen LogP contribution in [-0.4, -0.2) is 11.9 Å². The Bertz CT molecular complexity index is 1060. The zero-order chi connectivity index (χ0) is 19.3. The van der Waals surface area contributed by atoms with Crippen molar-refractivity contribution in [3.8, 4) is 0 Å². The summed E-state index contributed by atoms with van der Waals surface area (Å²) in [5.41, 5.74) is 1.68. The van der Waals surface area contributed by atoms with Crippen LogP contribution >= 0.6 is 0 Å². The summed E-state index contributed by atoms with van der Waals surface area (Å²) < 4.78 is 10.3. The lowest BCUT2D eigenvalue weighted by Crippen LogP contribution is -2.20. The van der Waals surface area contributed by atoms with Crippen LogP contribution in [0.2, 0.25) is 0 Å². The molecule has 0 saturated carbocycles. The van der Waals surface area contributed by atoms with Gasteiger partial charge >= 0.3 is 11.9 Å². The van der Waals surface area contributed by atoms with Gasteiger partial charge in [-0.2, -0.15) is 0 Å². The van der Waals surface area contributed by atoms with Gasteiger partial charge < -0.3 is 9.47 Å². The highest BCUT2D eigenvalue weighted by atomic mass is 16.6. The van der Waals surface area contributed by atoms with Gasteiger partial charge in [-0.25, -0.2) is 9.59 Å². The van der Waals surface area contributed by atoms with Gasteiger partial charge in [-0.15, -0.1) is 0 Å². The Morgan fingerprint density at radius 2 is 0.929 bits per heavy atom. The molecule has 0 radical (unpaired) electrons. The molecule has 0 fully saturated rings. The zero-order valence-electron chi connectivity index (χ0n) is 15.1. The molecule has 4 heteroatoms.